The maximum atomic E-state index is 11.9. The van der Waals surface area contributed by atoms with Gasteiger partial charge in [-0.3, -0.25) is 4.79 Å². The predicted molar refractivity (Wildman–Crippen MR) is 70.3 cm³/mol. The van der Waals surface area contributed by atoms with Crippen molar-refractivity contribution in [2.24, 2.45) is 0 Å². The Morgan fingerprint density at radius 2 is 2.06 bits per heavy atom. The summed E-state index contributed by atoms with van der Waals surface area (Å²) >= 11 is 0. The molecule has 88 valence electrons. The molecule has 3 rings (SSSR count). The maximum absolute atomic E-state index is 11.9. The molecule has 0 unspecified atom stereocenters. The monoisotopic (exact) mass is 237 g/mol. The molecule has 3 aromatic rings. The second-order valence-electron chi connectivity index (χ2n) is 4.16. The van der Waals surface area contributed by atoms with Crippen LogP contribution in [0, 0.1) is 6.92 Å². The van der Waals surface area contributed by atoms with Gasteiger partial charge in [-0.25, -0.2) is 9.97 Å². The quantitative estimate of drug-likeness (QED) is 0.706. The van der Waals surface area contributed by atoms with Gasteiger partial charge in [0.1, 0.15) is 5.82 Å². The molecule has 0 saturated heterocycles. The van der Waals surface area contributed by atoms with Gasteiger partial charge in [0.15, 0.2) is 5.52 Å². The fourth-order valence-electron chi connectivity index (χ4n) is 1.91. The number of nitrogens with zero attached hydrogens (tertiary/aromatic N) is 2. The zero-order chi connectivity index (χ0) is 12.5. The summed E-state index contributed by atoms with van der Waals surface area (Å²) in [7, 11) is 0. The number of H-pyrrole nitrogens is 1. The lowest BCUT2D eigenvalue weighted by atomic mass is 10.1. The van der Waals surface area contributed by atoms with Gasteiger partial charge in [0.05, 0.1) is 5.52 Å². The Bertz CT molecular complexity index is 777. The number of aromatic amines is 1. The largest absolute Gasteiger partial charge is 0.305 e. The van der Waals surface area contributed by atoms with Crippen molar-refractivity contribution >= 4 is 11.0 Å². The lowest BCUT2D eigenvalue weighted by molar-refractivity contribution is 1.15. The normalized spacial score (nSPS) is 10.7. The van der Waals surface area contributed by atoms with E-state index in [1.165, 1.54) is 0 Å². The SMILES string of the molecule is Cc1cccc(-c2nc3cccnc3c(=O)[nH]2)c1. The first-order chi connectivity index (χ1) is 8.74. The summed E-state index contributed by atoms with van der Waals surface area (Å²) in [6.45, 7) is 2.00. The van der Waals surface area contributed by atoms with E-state index < -0.39 is 0 Å². The molecular formula is C14H11N3O. The van der Waals surface area contributed by atoms with Crippen LogP contribution in [-0.2, 0) is 0 Å². The minimum absolute atomic E-state index is 0.211. The van der Waals surface area contributed by atoms with Crippen LogP contribution in [0.1, 0.15) is 5.56 Å². The number of nitrogens with one attached hydrogen (secondary N) is 1. The Balaban J connectivity index is 2.28. The van der Waals surface area contributed by atoms with Crippen molar-refractivity contribution in [2.75, 3.05) is 0 Å². The fraction of sp³-hybridized carbons (Fsp3) is 0.0714. The number of aromatic nitrogens is 3. The molecule has 0 fully saturated rings. The molecule has 4 heteroatoms. The van der Waals surface area contributed by atoms with Crippen LogP contribution in [0.15, 0.2) is 47.4 Å². The van der Waals surface area contributed by atoms with Crippen molar-refractivity contribution in [3.05, 3.63) is 58.5 Å². The van der Waals surface area contributed by atoms with E-state index in [2.05, 4.69) is 15.0 Å². The van der Waals surface area contributed by atoms with Gasteiger partial charge in [-0.05, 0) is 25.1 Å². The minimum atomic E-state index is -0.211. The smallest absolute Gasteiger partial charge is 0.277 e. The second kappa shape index (κ2) is 4.07. The van der Waals surface area contributed by atoms with E-state index in [-0.39, 0.29) is 5.56 Å². The standard InChI is InChI=1S/C14H11N3O/c1-9-4-2-5-10(8-9)13-16-11-6-3-7-15-12(11)14(18)17-13/h2-8H,1H3,(H,16,17,18). The van der Waals surface area contributed by atoms with Crippen LogP contribution < -0.4 is 5.56 Å². The molecule has 18 heavy (non-hydrogen) atoms. The summed E-state index contributed by atoms with van der Waals surface area (Å²) in [5.74, 6) is 0.573. The summed E-state index contributed by atoms with van der Waals surface area (Å²) in [5.41, 5.74) is 2.79. The van der Waals surface area contributed by atoms with Crippen LogP contribution in [0.4, 0.5) is 0 Å². The Labute approximate surface area is 103 Å². The number of pyridine rings is 1. The molecule has 1 aromatic carbocycles. The van der Waals surface area contributed by atoms with Crippen molar-refractivity contribution in [1.29, 1.82) is 0 Å². The first-order valence-electron chi connectivity index (χ1n) is 5.66. The van der Waals surface area contributed by atoms with E-state index in [4.69, 9.17) is 0 Å². The van der Waals surface area contributed by atoms with Gasteiger partial charge in [-0.2, -0.15) is 0 Å². The van der Waals surface area contributed by atoms with Crippen molar-refractivity contribution in [2.45, 2.75) is 6.92 Å². The second-order valence-corrected chi connectivity index (χ2v) is 4.16. The highest BCUT2D eigenvalue weighted by Crippen LogP contribution is 2.16. The zero-order valence-corrected chi connectivity index (χ0v) is 9.84. The molecule has 0 saturated carbocycles. The van der Waals surface area contributed by atoms with Crippen molar-refractivity contribution in [3.8, 4) is 11.4 Å². The Hall–Kier alpha value is -2.49. The van der Waals surface area contributed by atoms with Crippen molar-refractivity contribution in [1.82, 2.24) is 15.0 Å². The van der Waals surface area contributed by atoms with Crippen LogP contribution in [0.5, 0.6) is 0 Å². The molecule has 1 N–H and O–H groups in total. The summed E-state index contributed by atoms with van der Waals surface area (Å²) in [6.07, 6.45) is 1.59. The third-order valence-corrected chi connectivity index (χ3v) is 2.76. The lowest BCUT2D eigenvalue weighted by Crippen LogP contribution is -2.10. The van der Waals surface area contributed by atoms with Gasteiger partial charge in [0.25, 0.3) is 5.56 Å². The number of benzene rings is 1. The average molecular weight is 237 g/mol. The van der Waals surface area contributed by atoms with Gasteiger partial charge >= 0.3 is 0 Å². The van der Waals surface area contributed by atoms with Gasteiger partial charge < -0.3 is 4.98 Å². The zero-order valence-electron chi connectivity index (χ0n) is 9.84. The van der Waals surface area contributed by atoms with Crippen LogP contribution in [-0.4, -0.2) is 15.0 Å². The molecule has 0 aliphatic carbocycles. The molecule has 0 aliphatic rings. The number of rotatable bonds is 1. The molecule has 2 aromatic heterocycles. The highest BCUT2D eigenvalue weighted by Gasteiger charge is 2.06. The molecule has 0 spiro atoms. The van der Waals surface area contributed by atoms with Gasteiger partial charge in [0, 0.05) is 11.8 Å². The lowest BCUT2D eigenvalue weighted by Gasteiger charge is -2.03. The maximum Gasteiger partial charge on any atom is 0.277 e. The van der Waals surface area contributed by atoms with Crippen LogP contribution >= 0.6 is 0 Å². The van der Waals surface area contributed by atoms with E-state index in [0.29, 0.717) is 16.9 Å². The van der Waals surface area contributed by atoms with E-state index in [1.54, 1.807) is 18.3 Å². The third-order valence-electron chi connectivity index (χ3n) is 2.76. The number of hydrogen-bond donors (Lipinski definition) is 1. The predicted octanol–water partition coefficient (Wildman–Crippen LogP) is 2.29. The van der Waals surface area contributed by atoms with Gasteiger partial charge in [-0.1, -0.05) is 23.8 Å². The van der Waals surface area contributed by atoms with E-state index >= 15 is 0 Å². The van der Waals surface area contributed by atoms with Crippen LogP contribution in [0.25, 0.3) is 22.4 Å². The summed E-state index contributed by atoms with van der Waals surface area (Å²) < 4.78 is 0. The van der Waals surface area contributed by atoms with Gasteiger partial charge in [-0.15, -0.1) is 0 Å². The van der Waals surface area contributed by atoms with E-state index in [0.717, 1.165) is 11.1 Å². The molecule has 2 heterocycles. The Morgan fingerprint density at radius 3 is 2.89 bits per heavy atom. The van der Waals surface area contributed by atoms with Crippen molar-refractivity contribution < 1.29 is 0 Å². The van der Waals surface area contributed by atoms with E-state index in [9.17, 15) is 4.79 Å². The molecule has 0 amide bonds. The Kier molecular flexibility index (Phi) is 2.41. The first kappa shape index (κ1) is 10.7. The Morgan fingerprint density at radius 1 is 1.17 bits per heavy atom. The van der Waals surface area contributed by atoms with Gasteiger partial charge in [0.2, 0.25) is 0 Å². The number of aryl methyl sites for hydroxylation is 1. The summed E-state index contributed by atoms with van der Waals surface area (Å²) in [6, 6.07) is 11.4. The van der Waals surface area contributed by atoms with Crippen molar-refractivity contribution in [3.63, 3.8) is 0 Å². The fourth-order valence-corrected chi connectivity index (χ4v) is 1.91. The molecule has 0 radical (unpaired) electrons. The highest BCUT2D eigenvalue weighted by molar-refractivity contribution is 5.75. The number of hydrogen-bond acceptors (Lipinski definition) is 3. The first-order valence-corrected chi connectivity index (χ1v) is 5.66. The summed E-state index contributed by atoms with van der Waals surface area (Å²) in [5, 5.41) is 0. The van der Waals surface area contributed by atoms with E-state index in [1.807, 2.05) is 31.2 Å². The molecule has 0 atom stereocenters. The molecule has 0 aliphatic heterocycles. The average Bonchev–Trinajstić information content (AvgIpc) is 2.39. The molecule has 0 bridgehead atoms. The number of fused-ring (bicyclic) bond motifs is 1. The molecule has 4 nitrogen and oxygen atoms in total. The third kappa shape index (κ3) is 1.78. The van der Waals surface area contributed by atoms with Crippen LogP contribution in [0.3, 0.4) is 0 Å². The highest BCUT2D eigenvalue weighted by atomic mass is 16.1. The van der Waals surface area contributed by atoms with Crippen LogP contribution in [0.2, 0.25) is 0 Å². The minimum Gasteiger partial charge on any atom is -0.305 e. The summed E-state index contributed by atoms with van der Waals surface area (Å²) in [4.78, 5) is 23.1. The topological polar surface area (TPSA) is 58.6 Å². The molecular weight excluding hydrogens is 226 g/mol.